The Morgan fingerprint density at radius 1 is 0.960 bits per heavy atom. The standard InChI is InChI=1S/C38H49NO11/c1-7-39-17-35(18-45-3)24(41)15-25(46-4)37-23-16-36(44)32(49-34(43)22-13-12-20-10-8-9-11-21(20)14-22)26(23)38(50-19(2)40,31(42)33(36)48-6)27(30(37)39)28(47-5)29(35)37/h8-14,23-33,41-42,44H,7,15-18H2,1-6H3/t23?,24-,25+,26-,27?,28?,29?,30?,31?,32-,33+,35?,36-,37?,38-/m1/s1. The Bertz CT molecular complexity index is 1690. The van der Waals surface area contributed by atoms with Gasteiger partial charge in [0.05, 0.1) is 30.5 Å². The van der Waals surface area contributed by atoms with Gasteiger partial charge in [0.25, 0.3) is 0 Å². The molecule has 2 aromatic carbocycles. The average molecular weight is 696 g/mol. The van der Waals surface area contributed by atoms with Crippen molar-refractivity contribution in [1.82, 2.24) is 4.90 Å². The van der Waals surface area contributed by atoms with Crippen molar-refractivity contribution in [2.24, 2.45) is 34.5 Å². The lowest BCUT2D eigenvalue weighted by atomic mass is 9.42. The van der Waals surface area contributed by atoms with Crippen molar-refractivity contribution in [2.45, 2.75) is 80.6 Å². The number of benzene rings is 2. The summed E-state index contributed by atoms with van der Waals surface area (Å²) in [5.41, 5.74) is -4.86. The van der Waals surface area contributed by atoms with Gasteiger partial charge in [-0.05, 0) is 41.8 Å². The molecule has 272 valence electrons. The Morgan fingerprint density at radius 3 is 2.34 bits per heavy atom. The van der Waals surface area contributed by atoms with Gasteiger partial charge in [-0.15, -0.1) is 0 Å². The number of piperidine rings is 1. The van der Waals surface area contributed by atoms with Crippen LogP contribution in [0.3, 0.4) is 0 Å². The van der Waals surface area contributed by atoms with Crippen LogP contribution >= 0.6 is 0 Å². The van der Waals surface area contributed by atoms with Crippen LogP contribution in [0.2, 0.25) is 0 Å². The predicted octanol–water partition coefficient (Wildman–Crippen LogP) is 1.80. The molecule has 0 amide bonds. The van der Waals surface area contributed by atoms with Crippen LogP contribution in [-0.2, 0) is 33.2 Å². The van der Waals surface area contributed by atoms with Gasteiger partial charge >= 0.3 is 11.9 Å². The summed E-state index contributed by atoms with van der Waals surface area (Å²) >= 11 is 0. The van der Waals surface area contributed by atoms with Crippen molar-refractivity contribution >= 4 is 22.7 Å². The summed E-state index contributed by atoms with van der Waals surface area (Å²) in [6.07, 6.45) is -5.60. The van der Waals surface area contributed by atoms with E-state index in [2.05, 4.69) is 11.8 Å². The zero-order valence-corrected chi connectivity index (χ0v) is 29.5. The molecule has 6 fully saturated rings. The smallest absolute Gasteiger partial charge is 0.338 e. The Labute approximate surface area is 291 Å². The first-order chi connectivity index (χ1) is 24.0. The number of aliphatic hydroxyl groups excluding tert-OH is 2. The van der Waals surface area contributed by atoms with Crippen molar-refractivity contribution in [3.8, 4) is 0 Å². The molecule has 1 aliphatic heterocycles. The maximum Gasteiger partial charge on any atom is 0.338 e. The number of esters is 2. The van der Waals surface area contributed by atoms with Gasteiger partial charge in [0.15, 0.2) is 5.60 Å². The molecule has 1 saturated heterocycles. The second-order valence-electron chi connectivity index (χ2n) is 15.6. The number of hydrogen-bond donors (Lipinski definition) is 3. The van der Waals surface area contributed by atoms with Crippen LogP contribution in [0.1, 0.15) is 37.0 Å². The van der Waals surface area contributed by atoms with E-state index in [1.165, 1.54) is 14.0 Å². The highest BCUT2D eigenvalue weighted by atomic mass is 16.6. The highest BCUT2D eigenvalue weighted by Crippen LogP contribution is 2.80. The molecule has 0 radical (unpaired) electrons. The van der Waals surface area contributed by atoms with E-state index in [-0.39, 0.29) is 25.0 Å². The molecule has 12 nitrogen and oxygen atoms in total. The van der Waals surface area contributed by atoms with E-state index < -0.39 is 88.3 Å². The molecule has 7 bridgehead atoms. The molecule has 3 N–H and O–H groups in total. The molecule has 5 saturated carbocycles. The number of methoxy groups -OCH3 is 4. The zero-order chi connectivity index (χ0) is 35.5. The third-order valence-electron chi connectivity index (χ3n) is 14.1. The van der Waals surface area contributed by atoms with Crippen LogP contribution in [0.4, 0.5) is 0 Å². The summed E-state index contributed by atoms with van der Waals surface area (Å²) in [4.78, 5) is 29.9. The van der Waals surface area contributed by atoms with Gasteiger partial charge in [-0.2, -0.15) is 0 Å². The molecule has 0 aromatic heterocycles. The summed E-state index contributed by atoms with van der Waals surface area (Å²) in [5.74, 6) is -3.72. The van der Waals surface area contributed by atoms with Crippen molar-refractivity contribution in [3.63, 3.8) is 0 Å². The fraction of sp³-hybridized carbons (Fsp3) is 0.684. The Balaban J connectivity index is 1.37. The van der Waals surface area contributed by atoms with Crippen LogP contribution < -0.4 is 0 Å². The van der Waals surface area contributed by atoms with Gasteiger partial charge in [-0.1, -0.05) is 37.3 Å². The van der Waals surface area contributed by atoms with Crippen LogP contribution in [0, 0.1) is 34.5 Å². The lowest BCUT2D eigenvalue weighted by molar-refractivity contribution is -0.322. The Hall–Kier alpha value is -2.68. The maximum absolute atomic E-state index is 14.2. The molecule has 1 heterocycles. The highest BCUT2D eigenvalue weighted by molar-refractivity contribution is 5.95. The Morgan fingerprint density at radius 2 is 1.70 bits per heavy atom. The van der Waals surface area contributed by atoms with Crippen molar-refractivity contribution in [3.05, 3.63) is 48.0 Å². The molecule has 6 aliphatic rings. The molecule has 50 heavy (non-hydrogen) atoms. The molecule has 8 rings (SSSR count). The first-order valence-electron chi connectivity index (χ1n) is 17.7. The van der Waals surface area contributed by atoms with Gasteiger partial charge in [0, 0.05) is 83.0 Å². The van der Waals surface area contributed by atoms with E-state index in [4.69, 9.17) is 28.4 Å². The second kappa shape index (κ2) is 11.7. The molecule has 12 heteroatoms. The first-order valence-corrected chi connectivity index (χ1v) is 17.7. The minimum Gasteiger partial charge on any atom is -0.455 e. The number of rotatable bonds is 9. The third kappa shape index (κ3) is 3.94. The normalized spacial score (nSPS) is 46.9. The maximum atomic E-state index is 14.2. The number of aliphatic hydroxyl groups is 3. The van der Waals surface area contributed by atoms with E-state index in [1.807, 2.05) is 30.3 Å². The van der Waals surface area contributed by atoms with E-state index >= 15 is 0 Å². The lowest BCUT2D eigenvalue weighted by Gasteiger charge is -2.70. The minimum absolute atomic E-state index is 0.0681. The average Bonchev–Trinajstić information content (AvgIpc) is 3.48. The number of carbonyl (C=O) groups is 2. The predicted molar refractivity (Wildman–Crippen MR) is 178 cm³/mol. The first kappa shape index (κ1) is 34.4. The van der Waals surface area contributed by atoms with Crippen molar-refractivity contribution in [1.29, 1.82) is 0 Å². The number of fused-ring (bicyclic) bond motifs is 3. The fourth-order valence-electron chi connectivity index (χ4n) is 13.1. The van der Waals surface area contributed by atoms with Crippen LogP contribution in [0.25, 0.3) is 10.8 Å². The summed E-state index contributed by atoms with van der Waals surface area (Å²) < 4.78 is 37.8. The Kier molecular flexibility index (Phi) is 8.03. The molecular weight excluding hydrogens is 646 g/mol. The largest absolute Gasteiger partial charge is 0.455 e. The molecule has 8 unspecified atom stereocenters. The number of ether oxygens (including phenoxy) is 6. The second-order valence-corrected chi connectivity index (χ2v) is 15.6. The molecular formula is C38H49NO11. The summed E-state index contributed by atoms with van der Waals surface area (Å²) in [6.45, 7) is 4.67. The van der Waals surface area contributed by atoms with Crippen molar-refractivity contribution < 1.29 is 53.3 Å². The fourth-order valence-corrected chi connectivity index (χ4v) is 13.1. The van der Waals surface area contributed by atoms with E-state index in [0.717, 1.165) is 10.8 Å². The van der Waals surface area contributed by atoms with Gasteiger partial charge in [-0.25, -0.2) is 4.79 Å². The minimum atomic E-state index is -1.86. The number of carbonyl (C=O) groups excluding carboxylic acids is 2. The SMILES string of the molecule is CCN1CC2(COC)C3C(OC)C4C1C3(C1C[C@@]3(O)[C@H](OC(=O)c5ccc6ccccc6c5)[C@@H]1[C@]4(OC(C)=O)C(O)[C@@H]3OC)[C@@H](OC)C[C@H]2O. The summed E-state index contributed by atoms with van der Waals surface area (Å²) in [7, 11) is 6.29. The summed E-state index contributed by atoms with van der Waals surface area (Å²) in [6, 6.07) is 12.6. The molecule has 5 aliphatic carbocycles. The topological polar surface area (TPSA) is 153 Å². The third-order valence-corrected chi connectivity index (χ3v) is 14.1. The molecule has 1 spiro atoms. The summed E-state index contributed by atoms with van der Waals surface area (Å²) in [5, 5.41) is 39.5. The van der Waals surface area contributed by atoms with Gasteiger partial charge < -0.3 is 43.7 Å². The van der Waals surface area contributed by atoms with E-state index in [9.17, 15) is 24.9 Å². The number of nitrogens with zero attached hydrogens (tertiary/aromatic N) is 1. The van der Waals surface area contributed by atoms with Crippen molar-refractivity contribution in [2.75, 3.05) is 48.1 Å². The van der Waals surface area contributed by atoms with Gasteiger partial charge in [0.1, 0.15) is 23.9 Å². The van der Waals surface area contributed by atoms with Crippen LogP contribution in [0.15, 0.2) is 42.5 Å². The lowest BCUT2D eigenvalue weighted by Crippen LogP contribution is -2.81. The monoisotopic (exact) mass is 695 g/mol. The molecule has 2 aromatic rings. The quantitative estimate of drug-likeness (QED) is 0.328. The number of hydrogen-bond acceptors (Lipinski definition) is 12. The van der Waals surface area contributed by atoms with Crippen LogP contribution in [0.5, 0.6) is 0 Å². The molecule has 15 atom stereocenters. The van der Waals surface area contributed by atoms with Crippen LogP contribution in [-0.4, -0.2) is 134 Å². The van der Waals surface area contributed by atoms with Gasteiger partial charge in [0.2, 0.25) is 0 Å². The van der Waals surface area contributed by atoms with E-state index in [1.54, 1.807) is 33.5 Å². The number of likely N-dealkylation sites (tertiary alicyclic amines) is 1. The zero-order valence-electron chi connectivity index (χ0n) is 29.5. The highest BCUT2D eigenvalue weighted by Gasteiger charge is 2.92. The van der Waals surface area contributed by atoms with Gasteiger partial charge in [-0.3, -0.25) is 9.69 Å². The van der Waals surface area contributed by atoms with E-state index in [0.29, 0.717) is 25.1 Å².